The lowest BCUT2D eigenvalue weighted by Gasteiger charge is -2.21. The molecule has 0 fully saturated rings. The topological polar surface area (TPSA) is 20.3 Å². The highest BCUT2D eigenvalue weighted by Gasteiger charge is 2.12. The molecule has 3 rings (SSSR count). The second kappa shape index (κ2) is 8.27. The molecule has 0 saturated carbocycles. The van der Waals surface area contributed by atoms with Gasteiger partial charge in [0.2, 0.25) is 5.91 Å². The third kappa shape index (κ3) is 4.67. The van der Waals surface area contributed by atoms with E-state index in [1.807, 2.05) is 89.2 Å². The van der Waals surface area contributed by atoms with Crippen LogP contribution in [0.15, 0.2) is 84.3 Å². The van der Waals surface area contributed by atoms with E-state index in [-0.39, 0.29) is 5.91 Å². The van der Waals surface area contributed by atoms with Crippen molar-refractivity contribution in [3.8, 4) is 0 Å². The van der Waals surface area contributed by atoms with Gasteiger partial charge in [0.05, 0.1) is 0 Å². The molecule has 0 atom stereocenters. The van der Waals surface area contributed by atoms with E-state index in [0.29, 0.717) is 13.1 Å². The summed E-state index contributed by atoms with van der Waals surface area (Å²) in [6.45, 7) is 1.20. The number of carbonyl (C=O) groups excluding carboxylic acids is 1. The average molecular weight is 333 g/mol. The molecule has 0 N–H and O–H groups in total. The standard InChI is InChI=1S/C21H19NOS/c23-21(14-13-20-12-7-15-24-20)22(16-18-8-3-1-4-9-18)17-19-10-5-2-6-11-19/h1-15H,16-17H2/b14-13+. The van der Waals surface area contributed by atoms with Gasteiger partial charge in [-0.25, -0.2) is 0 Å². The van der Waals surface area contributed by atoms with Crippen LogP contribution in [-0.4, -0.2) is 10.8 Å². The van der Waals surface area contributed by atoms with Gasteiger partial charge in [0, 0.05) is 24.0 Å². The van der Waals surface area contributed by atoms with Gasteiger partial charge < -0.3 is 4.90 Å². The Balaban J connectivity index is 1.76. The Morgan fingerprint density at radius 3 is 1.92 bits per heavy atom. The van der Waals surface area contributed by atoms with Crippen molar-refractivity contribution in [1.29, 1.82) is 0 Å². The minimum absolute atomic E-state index is 0.0242. The van der Waals surface area contributed by atoms with Crippen LogP contribution < -0.4 is 0 Å². The van der Waals surface area contributed by atoms with Gasteiger partial charge in [0.15, 0.2) is 0 Å². The van der Waals surface area contributed by atoms with Crippen LogP contribution in [0.4, 0.5) is 0 Å². The van der Waals surface area contributed by atoms with Crippen LogP contribution in [0.2, 0.25) is 0 Å². The minimum atomic E-state index is 0.0242. The number of hydrogen-bond acceptors (Lipinski definition) is 2. The first-order valence-electron chi connectivity index (χ1n) is 7.89. The molecule has 0 saturated heterocycles. The van der Waals surface area contributed by atoms with E-state index in [1.165, 1.54) is 0 Å². The Bertz CT molecular complexity index is 738. The van der Waals surface area contributed by atoms with E-state index in [2.05, 4.69) is 0 Å². The Morgan fingerprint density at radius 1 is 0.833 bits per heavy atom. The van der Waals surface area contributed by atoms with Gasteiger partial charge in [-0.05, 0) is 28.6 Å². The van der Waals surface area contributed by atoms with Gasteiger partial charge >= 0.3 is 0 Å². The maximum Gasteiger partial charge on any atom is 0.247 e. The van der Waals surface area contributed by atoms with E-state index in [4.69, 9.17) is 0 Å². The first kappa shape index (κ1) is 16.2. The highest BCUT2D eigenvalue weighted by atomic mass is 32.1. The predicted molar refractivity (Wildman–Crippen MR) is 100 cm³/mol. The van der Waals surface area contributed by atoms with Crippen molar-refractivity contribution in [2.24, 2.45) is 0 Å². The monoisotopic (exact) mass is 333 g/mol. The van der Waals surface area contributed by atoms with E-state index in [1.54, 1.807) is 17.4 Å². The highest BCUT2D eigenvalue weighted by molar-refractivity contribution is 7.10. The lowest BCUT2D eigenvalue weighted by molar-refractivity contribution is -0.127. The van der Waals surface area contributed by atoms with Gasteiger partial charge in [-0.3, -0.25) is 4.79 Å². The van der Waals surface area contributed by atoms with Crippen LogP contribution in [0.5, 0.6) is 0 Å². The Morgan fingerprint density at radius 2 is 1.42 bits per heavy atom. The zero-order valence-corrected chi connectivity index (χ0v) is 14.2. The predicted octanol–water partition coefficient (Wildman–Crippen LogP) is 4.99. The van der Waals surface area contributed by atoms with Crippen molar-refractivity contribution in [2.45, 2.75) is 13.1 Å². The fraction of sp³-hybridized carbons (Fsp3) is 0.0952. The highest BCUT2D eigenvalue weighted by Crippen LogP contribution is 2.13. The lowest BCUT2D eigenvalue weighted by Crippen LogP contribution is -2.28. The summed E-state index contributed by atoms with van der Waals surface area (Å²) in [5.41, 5.74) is 2.26. The summed E-state index contributed by atoms with van der Waals surface area (Å²) in [6, 6.07) is 24.2. The number of amides is 1. The summed E-state index contributed by atoms with van der Waals surface area (Å²) in [7, 11) is 0. The molecule has 3 aromatic rings. The number of thiophene rings is 1. The van der Waals surface area contributed by atoms with Crippen LogP contribution in [0.1, 0.15) is 16.0 Å². The van der Waals surface area contributed by atoms with Crippen LogP contribution in [0.25, 0.3) is 6.08 Å². The van der Waals surface area contributed by atoms with Crippen LogP contribution >= 0.6 is 11.3 Å². The second-order valence-electron chi connectivity index (χ2n) is 5.51. The maximum atomic E-state index is 12.7. The second-order valence-corrected chi connectivity index (χ2v) is 6.49. The van der Waals surface area contributed by atoms with Gasteiger partial charge in [0.1, 0.15) is 0 Å². The maximum absolute atomic E-state index is 12.7. The fourth-order valence-corrected chi connectivity index (χ4v) is 3.08. The molecular formula is C21H19NOS. The van der Waals surface area contributed by atoms with Crippen molar-refractivity contribution in [2.75, 3.05) is 0 Å². The summed E-state index contributed by atoms with van der Waals surface area (Å²) in [4.78, 5) is 15.6. The van der Waals surface area contributed by atoms with Crippen molar-refractivity contribution >= 4 is 23.3 Å². The fourth-order valence-electron chi connectivity index (χ4n) is 2.46. The molecule has 0 aliphatic carbocycles. The number of benzene rings is 2. The van der Waals surface area contributed by atoms with E-state index >= 15 is 0 Å². The molecule has 1 aromatic heterocycles. The molecule has 24 heavy (non-hydrogen) atoms. The first-order valence-corrected chi connectivity index (χ1v) is 8.77. The van der Waals surface area contributed by atoms with Gasteiger partial charge in [0.25, 0.3) is 0 Å². The Labute approximate surface area is 146 Å². The lowest BCUT2D eigenvalue weighted by atomic mass is 10.1. The zero-order chi connectivity index (χ0) is 16.6. The molecule has 0 aliphatic rings. The van der Waals surface area contributed by atoms with Crippen molar-refractivity contribution in [3.05, 3.63) is 100 Å². The minimum Gasteiger partial charge on any atom is -0.331 e. The largest absolute Gasteiger partial charge is 0.331 e. The van der Waals surface area contributed by atoms with Crippen LogP contribution in [-0.2, 0) is 17.9 Å². The van der Waals surface area contributed by atoms with Gasteiger partial charge in [-0.1, -0.05) is 66.7 Å². The molecular weight excluding hydrogens is 314 g/mol. The molecule has 0 unspecified atom stereocenters. The summed E-state index contributed by atoms with van der Waals surface area (Å²) in [5, 5.41) is 2.01. The Kier molecular flexibility index (Phi) is 5.59. The Hall–Kier alpha value is -2.65. The van der Waals surface area contributed by atoms with Gasteiger partial charge in [-0.2, -0.15) is 0 Å². The summed E-state index contributed by atoms with van der Waals surface area (Å²) < 4.78 is 0. The third-order valence-corrected chi connectivity index (χ3v) is 4.52. The molecule has 1 amide bonds. The summed E-state index contributed by atoms with van der Waals surface area (Å²) in [5.74, 6) is 0.0242. The molecule has 3 heteroatoms. The van der Waals surface area contributed by atoms with Crippen LogP contribution in [0, 0.1) is 0 Å². The smallest absolute Gasteiger partial charge is 0.247 e. The molecule has 1 heterocycles. The first-order chi connectivity index (χ1) is 11.8. The molecule has 0 aliphatic heterocycles. The number of carbonyl (C=O) groups is 1. The molecule has 0 bridgehead atoms. The summed E-state index contributed by atoms with van der Waals surface area (Å²) in [6.07, 6.45) is 3.55. The quantitative estimate of drug-likeness (QED) is 0.582. The SMILES string of the molecule is O=C(/C=C/c1cccs1)N(Cc1ccccc1)Cc1ccccc1. The number of nitrogens with zero attached hydrogens (tertiary/aromatic N) is 1. The third-order valence-electron chi connectivity index (χ3n) is 3.68. The molecule has 0 spiro atoms. The molecule has 120 valence electrons. The average Bonchev–Trinajstić information content (AvgIpc) is 3.14. The van der Waals surface area contributed by atoms with E-state index in [0.717, 1.165) is 16.0 Å². The van der Waals surface area contributed by atoms with E-state index < -0.39 is 0 Å². The normalized spacial score (nSPS) is 10.8. The van der Waals surface area contributed by atoms with Crippen molar-refractivity contribution in [1.82, 2.24) is 4.90 Å². The van der Waals surface area contributed by atoms with E-state index in [9.17, 15) is 4.79 Å². The van der Waals surface area contributed by atoms with Crippen LogP contribution in [0.3, 0.4) is 0 Å². The van der Waals surface area contributed by atoms with Gasteiger partial charge in [-0.15, -0.1) is 11.3 Å². The summed E-state index contributed by atoms with van der Waals surface area (Å²) >= 11 is 1.63. The van der Waals surface area contributed by atoms with Crippen molar-refractivity contribution in [3.63, 3.8) is 0 Å². The zero-order valence-electron chi connectivity index (χ0n) is 13.3. The molecule has 2 nitrogen and oxygen atoms in total. The molecule has 2 aromatic carbocycles. The van der Waals surface area contributed by atoms with Crippen molar-refractivity contribution < 1.29 is 4.79 Å². The molecule has 0 radical (unpaired) electrons. The number of rotatable bonds is 6. The number of hydrogen-bond donors (Lipinski definition) is 0.